The van der Waals surface area contributed by atoms with Crippen molar-refractivity contribution in [2.45, 2.75) is 31.6 Å². The van der Waals surface area contributed by atoms with Crippen LogP contribution in [0.4, 0.5) is 0 Å². The molecule has 1 aromatic rings. The van der Waals surface area contributed by atoms with E-state index in [-0.39, 0.29) is 11.9 Å². The zero-order valence-electron chi connectivity index (χ0n) is 10.1. The van der Waals surface area contributed by atoms with Crippen molar-refractivity contribution in [2.24, 2.45) is 0 Å². The largest absolute Gasteiger partial charge is 0.373 e. The number of hydrogen-bond donors (Lipinski definition) is 0. The summed E-state index contributed by atoms with van der Waals surface area (Å²) in [5.74, 6) is 0.207. The standard InChI is InChI=1S/C13H13NO.CO2/c1-10-3-2-4-11(7-10)13(9-14)6-5-12(15)8-13;2-1-3/h2-4,7H,5-6,8H2,1H3;. The Hall–Kier alpha value is -2.24. The summed E-state index contributed by atoms with van der Waals surface area (Å²) in [6.07, 6.45) is 1.85. The molecule has 1 fully saturated rings. The predicted octanol–water partition coefficient (Wildman–Crippen LogP) is 1.93. The van der Waals surface area contributed by atoms with Crippen LogP contribution in [0.15, 0.2) is 24.3 Å². The minimum atomic E-state index is -0.552. The highest BCUT2D eigenvalue weighted by atomic mass is 16.2. The molecule has 92 valence electrons. The molecule has 1 aliphatic carbocycles. The molecular weight excluding hydrogens is 230 g/mol. The van der Waals surface area contributed by atoms with Gasteiger partial charge in [0, 0.05) is 12.8 Å². The normalized spacial score (nSPS) is 21.4. The van der Waals surface area contributed by atoms with Crippen molar-refractivity contribution in [3.05, 3.63) is 35.4 Å². The molecule has 4 nitrogen and oxygen atoms in total. The van der Waals surface area contributed by atoms with Crippen LogP contribution >= 0.6 is 0 Å². The second-order valence-corrected chi connectivity index (χ2v) is 4.36. The van der Waals surface area contributed by atoms with Crippen molar-refractivity contribution >= 4 is 11.9 Å². The van der Waals surface area contributed by atoms with Gasteiger partial charge in [-0.15, -0.1) is 0 Å². The summed E-state index contributed by atoms with van der Waals surface area (Å²) in [7, 11) is 0. The molecule has 2 rings (SSSR count). The Labute approximate surface area is 105 Å². The van der Waals surface area contributed by atoms with Gasteiger partial charge in [-0.1, -0.05) is 29.8 Å². The van der Waals surface area contributed by atoms with Gasteiger partial charge >= 0.3 is 6.15 Å². The Bertz CT molecular complexity index is 524. The minimum Gasteiger partial charge on any atom is -0.300 e. The first kappa shape index (κ1) is 13.8. The molecule has 18 heavy (non-hydrogen) atoms. The molecular formula is C14H13NO3. The lowest BCUT2D eigenvalue weighted by molar-refractivity contribution is -0.191. The van der Waals surface area contributed by atoms with Gasteiger partial charge in [0.2, 0.25) is 0 Å². The lowest BCUT2D eigenvalue weighted by Gasteiger charge is -2.19. The van der Waals surface area contributed by atoms with Gasteiger partial charge in [-0.25, -0.2) is 0 Å². The number of carbonyl (C=O) groups excluding carboxylic acids is 3. The first-order valence-electron chi connectivity index (χ1n) is 5.57. The van der Waals surface area contributed by atoms with Gasteiger partial charge in [0.1, 0.15) is 5.78 Å². The monoisotopic (exact) mass is 243 g/mol. The fourth-order valence-electron chi connectivity index (χ4n) is 2.22. The molecule has 0 aliphatic heterocycles. The van der Waals surface area contributed by atoms with Crippen LogP contribution in [0.2, 0.25) is 0 Å². The molecule has 0 bridgehead atoms. The van der Waals surface area contributed by atoms with Crippen LogP contribution < -0.4 is 0 Å². The summed E-state index contributed by atoms with van der Waals surface area (Å²) in [6, 6.07) is 10.3. The SMILES string of the molecule is Cc1cccc(C2(C#N)CCC(=O)C2)c1.O=C=O. The molecule has 1 aromatic carbocycles. The first-order valence-corrected chi connectivity index (χ1v) is 5.57. The van der Waals surface area contributed by atoms with E-state index in [9.17, 15) is 10.1 Å². The highest BCUT2D eigenvalue weighted by molar-refractivity contribution is 5.83. The summed E-state index contributed by atoms with van der Waals surface area (Å²) in [6.45, 7) is 2.01. The maximum atomic E-state index is 11.3. The highest BCUT2D eigenvalue weighted by Gasteiger charge is 2.40. The molecule has 1 aliphatic rings. The number of nitrogens with zero attached hydrogens (tertiary/aromatic N) is 1. The van der Waals surface area contributed by atoms with Crippen LogP contribution in [-0.2, 0) is 19.8 Å². The number of hydrogen-bond acceptors (Lipinski definition) is 4. The molecule has 0 heterocycles. The highest BCUT2D eigenvalue weighted by Crippen LogP contribution is 2.38. The molecule has 0 radical (unpaired) electrons. The van der Waals surface area contributed by atoms with Crippen LogP contribution in [0.3, 0.4) is 0 Å². The Balaban J connectivity index is 0.000000492. The lowest BCUT2D eigenvalue weighted by atomic mass is 9.80. The van der Waals surface area contributed by atoms with Gasteiger partial charge in [0.15, 0.2) is 0 Å². The predicted molar refractivity (Wildman–Crippen MR) is 62.3 cm³/mol. The second kappa shape index (κ2) is 5.90. The van der Waals surface area contributed by atoms with Crippen LogP contribution in [0, 0.1) is 18.3 Å². The van der Waals surface area contributed by atoms with Crippen molar-refractivity contribution in [2.75, 3.05) is 0 Å². The van der Waals surface area contributed by atoms with Gasteiger partial charge in [0.05, 0.1) is 11.5 Å². The van der Waals surface area contributed by atoms with Crippen LogP contribution in [0.5, 0.6) is 0 Å². The van der Waals surface area contributed by atoms with E-state index in [2.05, 4.69) is 6.07 Å². The van der Waals surface area contributed by atoms with E-state index in [0.717, 1.165) is 11.1 Å². The number of aryl methyl sites for hydroxylation is 1. The minimum absolute atomic E-state index is 0.207. The summed E-state index contributed by atoms with van der Waals surface area (Å²) >= 11 is 0. The molecule has 0 amide bonds. The summed E-state index contributed by atoms with van der Waals surface area (Å²) in [5, 5.41) is 9.28. The van der Waals surface area contributed by atoms with Gasteiger partial charge in [-0.05, 0) is 18.9 Å². The number of Topliss-reactive ketones (excluding diaryl/α,β-unsaturated/α-hetero) is 1. The fourth-order valence-corrected chi connectivity index (χ4v) is 2.22. The van der Waals surface area contributed by atoms with Crippen molar-refractivity contribution in [3.8, 4) is 6.07 Å². The number of ketones is 1. The van der Waals surface area contributed by atoms with Crippen LogP contribution in [-0.4, -0.2) is 11.9 Å². The molecule has 0 saturated heterocycles. The number of rotatable bonds is 1. The van der Waals surface area contributed by atoms with E-state index < -0.39 is 5.41 Å². The molecule has 0 aromatic heterocycles. The summed E-state index contributed by atoms with van der Waals surface area (Å²) in [4.78, 5) is 27.6. The third-order valence-electron chi connectivity index (χ3n) is 3.11. The summed E-state index contributed by atoms with van der Waals surface area (Å²) in [5.41, 5.74) is 1.58. The number of nitriles is 1. The van der Waals surface area contributed by atoms with Gasteiger partial charge < -0.3 is 0 Å². The Kier molecular flexibility index (Phi) is 4.53. The quantitative estimate of drug-likeness (QED) is 0.755. The number of carbonyl (C=O) groups is 1. The zero-order chi connectivity index (χ0) is 13.6. The number of benzene rings is 1. The maximum absolute atomic E-state index is 11.3. The van der Waals surface area contributed by atoms with Crippen LogP contribution in [0.25, 0.3) is 0 Å². The topological polar surface area (TPSA) is 75.0 Å². The third kappa shape index (κ3) is 2.91. The van der Waals surface area contributed by atoms with E-state index >= 15 is 0 Å². The van der Waals surface area contributed by atoms with E-state index in [4.69, 9.17) is 9.59 Å². The van der Waals surface area contributed by atoms with Crippen molar-refractivity contribution in [1.82, 2.24) is 0 Å². The average Bonchev–Trinajstić information content (AvgIpc) is 2.73. The van der Waals surface area contributed by atoms with Gasteiger partial charge in [-0.2, -0.15) is 14.9 Å². The van der Waals surface area contributed by atoms with Crippen molar-refractivity contribution < 1.29 is 14.4 Å². The molecule has 1 atom stereocenters. The van der Waals surface area contributed by atoms with Gasteiger partial charge in [-0.3, -0.25) is 4.79 Å². The molecule has 0 spiro atoms. The molecule has 1 unspecified atom stereocenters. The van der Waals surface area contributed by atoms with Crippen molar-refractivity contribution in [3.63, 3.8) is 0 Å². The van der Waals surface area contributed by atoms with E-state index in [1.54, 1.807) is 0 Å². The van der Waals surface area contributed by atoms with Crippen molar-refractivity contribution in [1.29, 1.82) is 5.26 Å². The van der Waals surface area contributed by atoms with Crippen LogP contribution in [0.1, 0.15) is 30.4 Å². The average molecular weight is 243 g/mol. The zero-order valence-corrected chi connectivity index (χ0v) is 10.1. The molecule has 0 N–H and O–H groups in total. The van der Waals surface area contributed by atoms with Gasteiger partial charge in [0.25, 0.3) is 0 Å². The Morgan fingerprint density at radius 2 is 2.00 bits per heavy atom. The van der Waals surface area contributed by atoms with E-state index in [1.165, 1.54) is 0 Å². The molecule has 4 heteroatoms. The smallest absolute Gasteiger partial charge is 0.300 e. The second-order valence-electron chi connectivity index (χ2n) is 4.36. The Morgan fingerprint density at radius 3 is 2.44 bits per heavy atom. The fraction of sp³-hybridized carbons (Fsp3) is 0.357. The maximum Gasteiger partial charge on any atom is 0.373 e. The molecule has 1 saturated carbocycles. The van der Waals surface area contributed by atoms with E-state index in [1.807, 2.05) is 31.2 Å². The lowest BCUT2D eigenvalue weighted by Crippen LogP contribution is -2.20. The third-order valence-corrected chi connectivity index (χ3v) is 3.11. The first-order chi connectivity index (χ1) is 8.57. The Morgan fingerprint density at radius 1 is 1.33 bits per heavy atom. The van der Waals surface area contributed by atoms with E-state index in [0.29, 0.717) is 19.3 Å². The summed E-state index contributed by atoms with van der Waals surface area (Å²) < 4.78 is 0.